The first-order chi connectivity index (χ1) is 9.73. The monoisotopic (exact) mass is 312 g/mol. The highest BCUT2D eigenvalue weighted by Crippen LogP contribution is 2.60. The fraction of sp³-hybridized carbons (Fsp3) is 0.867. The number of halogens is 1. The summed E-state index contributed by atoms with van der Waals surface area (Å²) >= 11 is 6.72. The molecule has 4 saturated carbocycles. The Morgan fingerprint density at radius 3 is 2.29 bits per heavy atom. The van der Waals surface area contributed by atoms with Crippen molar-refractivity contribution in [2.75, 3.05) is 0 Å². The zero-order valence-corrected chi connectivity index (χ0v) is 13.1. The van der Waals surface area contributed by atoms with Crippen LogP contribution in [0.3, 0.4) is 0 Å². The molecule has 5 nitrogen and oxygen atoms in total. The minimum Gasteiger partial charge on any atom is -0.464 e. The average Bonchev–Trinajstić information content (AvgIpc) is 2.33. The zero-order valence-electron chi connectivity index (χ0n) is 12.4. The van der Waals surface area contributed by atoms with Crippen molar-refractivity contribution in [3.8, 4) is 0 Å². The minimum absolute atomic E-state index is 0.0325. The van der Waals surface area contributed by atoms with Crippen LogP contribution in [-0.4, -0.2) is 43.6 Å². The van der Waals surface area contributed by atoms with Gasteiger partial charge >= 0.3 is 6.09 Å². The molecule has 5 rings (SSSR count). The van der Waals surface area contributed by atoms with Gasteiger partial charge in [0, 0.05) is 4.87 Å². The molecule has 0 aromatic carbocycles. The molecule has 1 aliphatic heterocycles. The molecule has 0 aromatic rings. The number of carbonyl (C=O) groups is 2. The lowest BCUT2D eigenvalue weighted by molar-refractivity contribution is -0.232. The van der Waals surface area contributed by atoms with Gasteiger partial charge in [-0.2, -0.15) is 0 Å². The van der Waals surface area contributed by atoms with Crippen molar-refractivity contribution in [2.24, 2.45) is 17.8 Å². The molecule has 2 amide bonds. The topological polar surface area (TPSA) is 60.9 Å². The summed E-state index contributed by atoms with van der Waals surface area (Å²) in [6, 6.07) is 0.0325. The van der Waals surface area contributed by atoms with Crippen molar-refractivity contribution in [1.29, 1.82) is 0 Å². The van der Waals surface area contributed by atoms with Crippen LogP contribution in [0.5, 0.6) is 0 Å². The third-order valence-corrected chi connectivity index (χ3v) is 6.55. The lowest BCUT2D eigenvalue weighted by Gasteiger charge is -2.65. The number of carboxylic acid groups (broad SMARTS) is 1. The number of alkyl halides is 1. The maximum Gasteiger partial charge on any atom is 0.427 e. The van der Waals surface area contributed by atoms with Crippen molar-refractivity contribution in [2.45, 2.75) is 62.4 Å². The van der Waals surface area contributed by atoms with E-state index in [1.54, 1.807) is 13.8 Å². The summed E-state index contributed by atoms with van der Waals surface area (Å²) in [5, 5.41) is 12.2. The minimum atomic E-state index is -1.03. The van der Waals surface area contributed by atoms with E-state index in [-0.39, 0.29) is 16.8 Å². The normalized spacial score (nSPS) is 46.7. The van der Waals surface area contributed by atoms with Crippen LogP contribution >= 0.6 is 11.6 Å². The van der Waals surface area contributed by atoms with E-state index >= 15 is 0 Å². The molecule has 1 N–H and O–H groups in total. The first-order valence-electron chi connectivity index (χ1n) is 7.78. The maximum absolute atomic E-state index is 12.5. The largest absolute Gasteiger partial charge is 0.464 e. The van der Waals surface area contributed by atoms with Crippen molar-refractivity contribution in [3.63, 3.8) is 0 Å². The van der Waals surface area contributed by atoms with Gasteiger partial charge in [0.15, 0.2) is 0 Å². The lowest BCUT2D eigenvalue weighted by atomic mass is 9.53. The van der Waals surface area contributed by atoms with E-state index < -0.39 is 11.6 Å². The molecule has 116 valence electrons. The van der Waals surface area contributed by atoms with Crippen LogP contribution in [0.15, 0.2) is 0 Å². The van der Waals surface area contributed by atoms with Crippen molar-refractivity contribution < 1.29 is 14.7 Å². The second-order valence-corrected chi connectivity index (χ2v) is 8.72. The first kappa shape index (κ1) is 13.7. The number of nitrogens with zero attached hydrogens (tertiary/aromatic N) is 2. The zero-order chi connectivity index (χ0) is 15.2. The summed E-state index contributed by atoms with van der Waals surface area (Å²) in [4.78, 5) is 24.0. The molecule has 0 unspecified atom stereocenters. The van der Waals surface area contributed by atoms with E-state index in [0.29, 0.717) is 17.8 Å². The standard InChI is InChI=1S/C15H21ClN2O3/c1-14(2)12(19)17(18(14)13(20)21)11-9-3-8-4-10(11)7-15(16,5-8)6-9/h8-11H,3-7H2,1-2H3,(H,20,21)/t8?,9-,10-,11?,15?/m0/s1. The van der Waals surface area contributed by atoms with E-state index in [9.17, 15) is 14.7 Å². The molecule has 2 atom stereocenters. The molecule has 4 bridgehead atoms. The molecule has 5 fully saturated rings. The Morgan fingerprint density at radius 1 is 1.24 bits per heavy atom. The van der Waals surface area contributed by atoms with Gasteiger partial charge in [-0.15, -0.1) is 11.6 Å². The van der Waals surface area contributed by atoms with Gasteiger partial charge in [0.1, 0.15) is 5.54 Å². The summed E-state index contributed by atoms with van der Waals surface area (Å²) < 4.78 is 0. The number of carbonyl (C=O) groups excluding carboxylic acids is 1. The predicted molar refractivity (Wildman–Crippen MR) is 76.7 cm³/mol. The van der Waals surface area contributed by atoms with Gasteiger partial charge < -0.3 is 5.11 Å². The predicted octanol–water partition coefficient (Wildman–Crippen LogP) is 2.69. The Bertz CT molecular complexity index is 519. The summed E-state index contributed by atoms with van der Waals surface area (Å²) in [5.74, 6) is 1.32. The smallest absolute Gasteiger partial charge is 0.427 e. The summed E-state index contributed by atoms with van der Waals surface area (Å²) in [5.41, 5.74) is -0.931. The van der Waals surface area contributed by atoms with Gasteiger partial charge in [0.2, 0.25) is 0 Å². The summed E-state index contributed by atoms with van der Waals surface area (Å²) in [7, 11) is 0. The van der Waals surface area contributed by atoms with Crippen LogP contribution in [-0.2, 0) is 4.79 Å². The lowest BCUT2D eigenvalue weighted by Crippen LogP contribution is -2.81. The molecule has 5 aliphatic rings. The summed E-state index contributed by atoms with van der Waals surface area (Å²) in [6.45, 7) is 3.36. The van der Waals surface area contributed by atoms with Crippen molar-refractivity contribution in [3.05, 3.63) is 0 Å². The van der Waals surface area contributed by atoms with E-state index in [1.807, 2.05) is 0 Å². The number of hydrazine groups is 1. The van der Waals surface area contributed by atoms with Crippen LogP contribution < -0.4 is 0 Å². The Morgan fingerprint density at radius 2 is 1.81 bits per heavy atom. The number of amides is 2. The van der Waals surface area contributed by atoms with E-state index in [0.717, 1.165) is 32.1 Å². The highest BCUT2D eigenvalue weighted by molar-refractivity contribution is 6.24. The molecule has 0 aromatic heterocycles. The average molecular weight is 313 g/mol. The van der Waals surface area contributed by atoms with Gasteiger partial charge in [-0.1, -0.05) is 0 Å². The molecule has 1 saturated heterocycles. The van der Waals surface area contributed by atoms with Crippen LogP contribution in [0.2, 0.25) is 0 Å². The number of hydrogen-bond donors (Lipinski definition) is 1. The molecule has 1 heterocycles. The highest BCUT2D eigenvalue weighted by Gasteiger charge is 2.64. The van der Waals surface area contributed by atoms with Crippen molar-refractivity contribution in [1.82, 2.24) is 10.0 Å². The fourth-order valence-corrected chi connectivity index (χ4v) is 6.20. The first-order valence-corrected chi connectivity index (χ1v) is 8.16. The fourth-order valence-electron chi connectivity index (χ4n) is 5.58. The van der Waals surface area contributed by atoms with Crippen molar-refractivity contribution >= 4 is 23.6 Å². The SMILES string of the molecule is CC1(C)C(=O)N(C2[C@H]3CC4C[C@H]2CC(Cl)(C4)C3)N1C(=O)O. The number of hydrogen-bond acceptors (Lipinski definition) is 2. The van der Waals surface area contributed by atoms with Gasteiger partial charge in [-0.05, 0) is 63.7 Å². The molecular weight excluding hydrogens is 292 g/mol. The second-order valence-electron chi connectivity index (χ2n) is 7.91. The molecule has 0 spiro atoms. The van der Waals surface area contributed by atoms with Gasteiger partial charge in [-0.25, -0.2) is 14.8 Å². The Hall–Kier alpha value is -0.970. The van der Waals surface area contributed by atoms with E-state index in [4.69, 9.17) is 11.6 Å². The quantitative estimate of drug-likeness (QED) is 0.757. The molecule has 4 aliphatic carbocycles. The third-order valence-electron chi connectivity index (χ3n) is 6.09. The van der Waals surface area contributed by atoms with Crippen LogP contribution in [0.1, 0.15) is 46.0 Å². The van der Waals surface area contributed by atoms with Crippen LogP contribution in [0, 0.1) is 17.8 Å². The Kier molecular flexibility index (Phi) is 2.51. The molecule has 21 heavy (non-hydrogen) atoms. The highest BCUT2D eigenvalue weighted by atomic mass is 35.5. The maximum atomic E-state index is 12.5. The van der Waals surface area contributed by atoms with E-state index in [1.165, 1.54) is 10.0 Å². The third kappa shape index (κ3) is 1.64. The summed E-state index contributed by atoms with van der Waals surface area (Å²) in [6.07, 6.45) is 4.08. The molecule has 6 heteroatoms. The van der Waals surface area contributed by atoms with Crippen LogP contribution in [0.4, 0.5) is 4.79 Å². The van der Waals surface area contributed by atoms with Gasteiger partial charge in [-0.3, -0.25) is 4.79 Å². The van der Waals surface area contributed by atoms with Gasteiger partial charge in [0.05, 0.1) is 6.04 Å². The second kappa shape index (κ2) is 3.86. The molecule has 0 radical (unpaired) electrons. The Balaban J connectivity index is 1.66. The number of rotatable bonds is 1. The molecular formula is C15H21ClN2O3. The van der Waals surface area contributed by atoms with Crippen LogP contribution in [0.25, 0.3) is 0 Å². The Labute approximate surface area is 129 Å². The van der Waals surface area contributed by atoms with Gasteiger partial charge in [0.25, 0.3) is 5.91 Å². The van der Waals surface area contributed by atoms with E-state index in [2.05, 4.69) is 0 Å².